The summed E-state index contributed by atoms with van der Waals surface area (Å²) in [7, 11) is 2.80. The van der Waals surface area contributed by atoms with Gasteiger partial charge >= 0.3 is 11.9 Å². The van der Waals surface area contributed by atoms with Crippen molar-refractivity contribution in [3.63, 3.8) is 0 Å². The molecular formula is C19H18ClNO5. The Labute approximate surface area is 156 Å². The lowest BCUT2D eigenvalue weighted by Gasteiger charge is -2.20. The second-order valence-corrected chi connectivity index (χ2v) is 5.70. The zero-order valence-electron chi connectivity index (χ0n) is 14.6. The average molecular weight is 376 g/mol. The van der Waals surface area contributed by atoms with E-state index < -0.39 is 18.0 Å². The third-order valence-electron chi connectivity index (χ3n) is 3.62. The minimum atomic E-state index is -1.10. The monoisotopic (exact) mass is 375 g/mol. The van der Waals surface area contributed by atoms with Crippen molar-refractivity contribution in [2.45, 2.75) is 13.0 Å². The van der Waals surface area contributed by atoms with Gasteiger partial charge < -0.3 is 14.2 Å². The molecule has 6 nitrogen and oxygen atoms in total. The predicted octanol–water partition coefficient (Wildman–Crippen LogP) is 3.74. The molecule has 26 heavy (non-hydrogen) atoms. The molecule has 1 aromatic carbocycles. The molecule has 0 bridgehead atoms. The van der Waals surface area contributed by atoms with E-state index in [-0.39, 0.29) is 10.7 Å². The van der Waals surface area contributed by atoms with Crippen molar-refractivity contribution in [1.29, 1.82) is 0 Å². The van der Waals surface area contributed by atoms with Crippen LogP contribution in [0.25, 0.3) is 11.1 Å². The van der Waals surface area contributed by atoms with Crippen LogP contribution in [0.1, 0.15) is 18.6 Å². The van der Waals surface area contributed by atoms with Crippen LogP contribution in [0.2, 0.25) is 5.15 Å². The molecule has 0 fully saturated rings. The lowest BCUT2D eigenvalue weighted by Crippen LogP contribution is -2.18. The summed E-state index contributed by atoms with van der Waals surface area (Å²) >= 11 is 6.19. The number of hydrogen-bond acceptors (Lipinski definition) is 6. The first-order chi connectivity index (χ1) is 12.4. The Bertz CT molecular complexity index is 832. The summed E-state index contributed by atoms with van der Waals surface area (Å²) in [6.07, 6.45) is 0.484. The molecule has 0 aliphatic heterocycles. The molecular weight excluding hydrogens is 358 g/mol. The van der Waals surface area contributed by atoms with Crippen molar-refractivity contribution >= 4 is 23.5 Å². The van der Waals surface area contributed by atoms with E-state index in [1.54, 1.807) is 31.5 Å². The van der Waals surface area contributed by atoms with E-state index in [4.69, 9.17) is 21.1 Å². The Kier molecular flexibility index (Phi) is 6.36. The SMILES string of the molecule is C=C(C(=O)OC)C(OC(C)=O)c1cc(-c2ccc(OC)cc2)cnc1Cl. The fourth-order valence-corrected chi connectivity index (χ4v) is 2.52. The number of ether oxygens (including phenoxy) is 3. The zero-order valence-corrected chi connectivity index (χ0v) is 15.4. The first-order valence-corrected chi connectivity index (χ1v) is 7.99. The topological polar surface area (TPSA) is 74.7 Å². The third-order valence-corrected chi connectivity index (χ3v) is 3.94. The van der Waals surface area contributed by atoms with E-state index in [1.165, 1.54) is 14.0 Å². The van der Waals surface area contributed by atoms with Crippen LogP contribution in [0.3, 0.4) is 0 Å². The van der Waals surface area contributed by atoms with Gasteiger partial charge in [0, 0.05) is 24.2 Å². The first-order valence-electron chi connectivity index (χ1n) is 7.61. The molecule has 1 heterocycles. The maximum Gasteiger partial charge on any atom is 0.337 e. The number of carbonyl (C=O) groups excluding carboxylic acids is 2. The smallest absolute Gasteiger partial charge is 0.337 e. The maximum atomic E-state index is 11.9. The molecule has 1 unspecified atom stereocenters. The van der Waals surface area contributed by atoms with Gasteiger partial charge in [0.05, 0.1) is 19.8 Å². The number of hydrogen-bond donors (Lipinski definition) is 0. The normalized spacial score (nSPS) is 11.4. The summed E-state index contributed by atoms with van der Waals surface area (Å²) in [5.41, 5.74) is 1.85. The summed E-state index contributed by atoms with van der Waals surface area (Å²) in [4.78, 5) is 27.5. The third kappa shape index (κ3) is 4.40. The van der Waals surface area contributed by atoms with E-state index in [2.05, 4.69) is 16.3 Å². The van der Waals surface area contributed by atoms with Crippen LogP contribution < -0.4 is 4.74 Å². The molecule has 2 rings (SSSR count). The lowest BCUT2D eigenvalue weighted by molar-refractivity contribution is -0.147. The Hall–Kier alpha value is -2.86. The summed E-state index contributed by atoms with van der Waals surface area (Å²) < 4.78 is 15.1. The molecule has 0 saturated carbocycles. The molecule has 136 valence electrons. The molecule has 0 spiro atoms. The minimum Gasteiger partial charge on any atom is -0.497 e. The van der Waals surface area contributed by atoms with Crippen molar-refractivity contribution < 1.29 is 23.8 Å². The number of aromatic nitrogens is 1. The quantitative estimate of drug-likeness (QED) is 0.435. The molecule has 0 N–H and O–H groups in total. The lowest BCUT2D eigenvalue weighted by atomic mass is 10.00. The van der Waals surface area contributed by atoms with Gasteiger partial charge in [-0.15, -0.1) is 0 Å². The van der Waals surface area contributed by atoms with Crippen LogP contribution in [0.15, 0.2) is 48.7 Å². The molecule has 0 aliphatic carbocycles. The summed E-state index contributed by atoms with van der Waals surface area (Å²) in [6.45, 7) is 4.90. The van der Waals surface area contributed by atoms with Crippen LogP contribution in [0.4, 0.5) is 0 Å². The number of methoxy groups -OCH3 is 2. The number of carbonyl (C=O) groups is 2. The zero-order chi connectivity index (χ0) is 19.3. The molecule has 1 atom stereocenters. The van der Waals surface area contributed by atoms with Gasteiger partial charge in [0.15, 0.2) is 6.10 Å². The molecule has 0 aliphatic rings. The fraction of sp³-hybridized carbons (Fsp3) is 0.211. The largest absolute Gasteiger partial charge is 0.497 e. The van der Waals surface area contributed by atoms with Gasteiger partial charge in [-0.3, -0.25) is 4.79 Å². The van der Waals surface area contributed by atoms with E-state index in [0.29, 0.717) is 11.3 Å². The van der Waals surface area contributed by atoms with Crippen LogP contribution >= 0.6 is 11.6 Å². The standard InChI is InChI=1S/C19H18ClNO5/c1-11(19(23)25-4)17(26-12(2)22)16-9-14(10-21-18(16)20)13-5-7-15(24-3)8-6-13/h5-10,17H,1H2,2-4H3. The molecule has 0 saturated heterocycles. The Balaban J connectivity index is 2.48. The van der Waals surface area contributed by atoms with Gasteiger partial charge in [-0.05, 0) is 23.8 Å². The first kappa shape index (κ1) is 19.5. The van der Waals surface area contributed by atoms with Crippen LogP contribution in [0.5, 0.6) is 5.75 Å². The number of nitrogens with zero attached hydrogens (tertiary/aromatic N) is 1. The van der Waals surface area contributed by atoms with Crippen LogP contribution in [-0.2, 0) is 19.1 Å². The molecule has 0 amide bonds. The van der Waals surface area contributed by atoms with Gasteiger partial charge in [0.2, 0.25) is 0 Å². The maximum absolute atomic E-state index is 11.9. The fourth-order valence-electron chi connectivity index (χ4n) is 2.32. The summed E-state index contributed by atoms with van der Waals surface area (Å²) in [5.74, 6) is -0.583. The molecule has 2 aromatic rings. The Morgan fingerprint density at radius 3 is 2.35 bits per heavy atom. The second kappa shape index (κ2) is 8.49. The van der Waals surface area contributed by atoms with Crippen LogP contribution in [0, 0.1) is 0 Å². The van der Waals surface area contributed by atoms with Crippen molar-refractivity contribution in [2.24, 2.45) is 0 Å². The number of rotatable bonds is 6. The highest BCUT2D eigenvalue weighted by molar-refractivity contribution is 6.30. The van der Waals surface area contributed by atoms with E-state index in [1.807, 2.05) is 12.1 Å². The predicted molar refractivity (Wildman–Crippen MR) is 96.9 cm³/mol. The van der Waals surface area contributed by atoms with E-state index >= 15 is 0 Å². The van der Waals surface area contributed by atoms with Gasteiger partial charge in [-0.25, -0.2) is 9.78 Å². The number of halogens is 1. The van der Waals surface area contributed by atoms with Gasteiger partial charge in [-0.1, -0.05) is 30.3 Å². The number of benzene rings is 1. The molecule has 1 aromatic heterocycles. The van der Waals surface area contributed by atoms with Crippen molar-refractivity contribution in [3.05, 3.63) is 59.4 Å². The van der Waals surface area contributed by atoms with Crippen molar-refractivity contribution in [3.8, 4) is 16.9 Å². The highest BCUT2D eigenvalue weighted by atomic mass is 35.5. The molecule has 0 radical (unpaired) electrons. The minimum absolute atomic E-state index is 0.0571. The highest BCUT2D eigenvalue weighted by Gasteiger charge is 2.27. The van der Waals surface area contributed by atoms with Crippen molar-refractivity contribution in [2.75, 3.05) is 14.2 Å². The highest BCUT2D eigenvalue weighted by Crippen LogP contribution is 2.33. The van der Waals surface area contributed by atoms with E-state index in [0.717, 1.165) is 11.1 Å². The van der Waals surface area contributed by atoms with Gasteiger partial charge in [0.1, 0.15) is 10.9 Å². The Morgan fingerprint density at radius 2 is 1.81 bits per heavy atom. The average Bonchev–Trinajstić information content (AvgIpc) is 2.65. The summed E-state index contributed by atoms with van der Waals surface area (Å²) in [6, 6.07) is 9.01. The van der Waals surface area contributed by atoms with Crippen molar-refractivity contribution in [1.82, 2.24) is 4.98 Å². The van der Waals surface area contributed by atoms with E-state index in [9.17, 15) is 9.59 Å². The Morgan fingerprint density at radius 1 is 1.15 bits per heavy atom. The number of pyridine rings is 1. The summed E-state index contributed by atoms with van der Waals surface area (Å²) in [5, 5.41) is 0.0959. The second-order valence-electron chi connectivity index (χ2n) is 5.34. The van der Waals surface area contributed by atoms with Gasteiger partial charge in [-0.2, -0.15) is 0 Å². The van der Waals surface area contributed by atoms with Gasteiger partial charge in [0.25, 0.3) is 0 Å². The number of esters is 2. The molecule has 7 heteroatoms. The van der Waals surface area contributed by atoms with Crippen LogP contribution in [-0.4, -0.2) is 31.1 Å².